The minimum Gasteiger partial charge on any atom is -0.375 e. The molecule has 5 rings (SSSR count). The van der Waals surface area contributed by atoms with Gasteiger partial charge in [0.15, 0.2) is 5.78 Å². The van der Waals surface area contributed by atoms with Gasteiger partial charge in [-0.15, -0.1) is 0 Å². The molecule has 8 heteroatoms. The van der Waals surface area contributed by atoms with Crippen molar-refractivity contribution >= 4 is 51.6 Å². The van der Waals surface area contributed by atoms with Gasteiger partial charge in [-0.05, 0) is 55.4 Å². The van der Waals surface area contributed by atoms with Crippen molar-refractivity contribution in [2.45, 2.75) is 19.4 Å². The van der Waals surface area contributed by atoms with E-state index in [1.54, 1.807) is 12.1 Å². The molecular weight excluding hydrogens is 510 g/mol. The van der Waals surface area contributed by atoms with Gasteiger partial charge in [0, 0.05) is 48.1 Å². The molecule has 0 aliphatic carbocycles. The number of ketones is 1. The molecule has 1 unspecified atom stereocenters. The number of halogens is 1. The maximum Gasteiger partial charge on any atom is 0.258 e. The predicted octanol–water partition coefficient (Wildman–Crippen LogP) is 5.28. The molecule has 3 N–H and O–H groups in total. The SMILES string of the molecule is CCC(Nc1ccc(N/C(=C2\C(=O)Nc3cc(Cl)ccc32)c2ccccc2)cc1)C(=O)CN1CCN(C)CC1. The quantitative estimate of drug-likeness (QED) is 0.319. The Kier molecular flexibility index (Phi) is 8.31. The summed E-state index contributed by atoms with van der Waals surface area (Å²) in [4.78, 5) is 30.6. The number of nitrogens with zero attached hydrogens (tertiary/aromatic N) is 2. The van der Waals surface area contributed by atoms with E-state index in [1.807, 2.05) is 67.6 Å². The number of hydrogen-bond acceptors (Lipinski definition) is 6. The van der Waals surface area contributed by atoms with Crippen LogP contribution in [0.5, 0.6) is 0 Å². The number of rotatable bonds is 9. The summed E-state index contributed by atoms with van der Waals surface area (Å²) in [6.07, 6.45) is 0.718. The highest BCUT2D eigenvalue weighted by molar-refractivity contribution is 6.38. The number of anilines is 3. The Balaban J connectivity index is 1.34. The van der Waals surface area contributed by atoms with Gasteiger partial charge in [-0.1, -0.05) is 54.9 Å². The lowest BCUT2D eigenvalue weighted by atomic mass is 10.00. The van der Waals surface area contributed by atoms with Gasteiger partial charge in [-0.25, -0.2) is 0 Å². The molecule has 0 radical (unpaired) electrons. The van der Waals surface area contributed by atoms with Crippen molar-refractivity contribution in [2.24, 2.45) is 0 Å². The molecule has 3 aromatic carbocycles. The van der Waals surface area contributed by atoms with Crippen LogP contribution >= 0.6 is 11.6 Å². The Morgan fingerprint density at radius 3 is 2.36 bits per heavy atom. The van der Waals surface area contributed by atoms with E-state index in [0.29, 0.717) is 28.5 Å². The molecule has 3 aromatic rings. The van der Waals surface area contributed by atoms with Crippen molar-refractivity contribution < 1.29 is 9.59 Å². The highest BCUT2D eigenvalue weighted by Crippen LogP contribution is 2.38. The van der Waals surface area contributed by atoms with Crippen LogP contribution in [0.15, 0.2) is 72.8 Å². The van der Waals surface area contributed by atoms with Gasteiger partial charge in [-0.2, -0.15) is 0 Å². The fraction of sp³-hybridized carbons (Fsp3) is 0.290. The molecule has 1 saturated heterocycles. The first kappa shape index (κ1) is 26.9. The minimum atomic E-state index is -0.240. The topological polar surface area (TPSA) is 76.7 Å². The van der Waals surface area contributed by atoms with Gasteiger partial charge in [0.25, 0.3) is 5.91 Å². The fourth-order valence-electron chi connectivity index (χ4n) is 5.02. The van der Waals surface area contributed by atoms with E-state index < -0.39 is 0 Å². The first-order valence-corrected chi connectivity index (χ1v) is 13.8. The lowest BCUT2D eigenvalue weighted by Crippen LogP contribution is -2.48. The van der Waals surface area contributed by atoms with Crippen LogP contribution in [0, 0.1) is 0 Å². The standard InChI is InChI=1S/C31H34ClN5O2/c1-3-26(28(38)20-37-17-15-36(2)16-18-37)33-23-10-12-24(13-11-23)34-30(21-7-5-4-6-8-21)29-25-14-9-22(32)19-27(25)35-31(29)39/h4-14,19,26,33-34H,3,15-18,20H2,1-2H3,(H,35,39)/b30-29-. The number of benzene rings is 3. The number of piperazine rings is 1. The van der Waals surface area contributed by atoms with Crippen molar-refractivity contribution in [3.05, 3.63) is 88.9 Å². The van der Waals surface area contributed by atoms with Gasteiger partial charge in [0.05, 0.1) is 29.5 Å². The van der Waals surface area contributed by atoms with Crippen LogP contribution in [0.4, 0.5) is 17.1 Å². The third-order valence-corrected chi connectivity index (χ3v) is 7.54. The Morgan fingerprint density at radius 2 is 1.67 bits per heavy atom. The number of nitrogens with one attached hydrogen (secondary N) is 3. The average molecular weight is 544 g/mol. The number of Topliss-reactive ketones (excluding diaryl/α,β-unsaturated/α-hetero) is 1. The third-order valence-electron chi connectivity index (χ3n) is 7.31. The van der Waals surface area contributed by atoms with Gasteiger partial charge < -0.3 is 20.9 Å². The average Bonchev–Trinajstić information content (AvgIpc) is 3.27. The number of hydrogen-bond donors (Lipinski definition) is 3. The molecule has 2 aliphatic heterocycles. The van der Waals surface area contributed by atoms with Crippen molar-refractivity contribution in [3.63, 3.8) is 0 Å². The Bertz CT molecular complexity index is 1370. The largest absolute Gasteiger partial charge is 0.375 e. The molecule has 0 saturated carbocycles. The van der Waals surface area contributed by atoms with E-state index in [9.17, 15) is 9.59 Å². The van der Waals surface area contributed by atoms with E-state index in [1.165, 1.54) is 0 Å². The molecule has 1 fully saturated rings. The molecule has 0 spiro atoms. The Labute approximate surface area is 234 Å². The van der Waals surface area contributed by atoms with Crippen LogP contribution in [0.1, 0.15) is 24.5 Å². The normalized spacial score (nSPS) is 17.8. The van der Waals surface area contributed by atoms with Crippen molar-refractivity contribution in [1.29, 1.82) is 0 Å². The van der Waals surface area contributed by atoms with E-state index in [0.717, 1.165) is 55.1 Å². The molecule has 1 amide bonds. The van der Waals surface area contributed by atoms with E-state index >= 15 is 0 Å². The van der Waals surface area contributed by atoms with Crippen LogP contribution in [0.3, 0.4) is 0 Å². The summed E-state index contributed by atoms with van der Waals surface area (Å²) < 4.78 is 0. The minimum absolute atomic E-state index is 0.179. The summed E-state index contributed by atoms with van der Waals surface area (Å²) in [5, 5.41) is 10.4. The van der Waals surface area contributed by atoms with Crippen molar-refractivity contribution in [1.82, 2.24) is 9.80 Å². The smallest absolute Gasteiger partial charge is 0.258 e. The summed E-state index contributed by atoms with van der Waals surface area (Å²) >= 11 is 6.17. The molecule has 2 heterocycles. The number of amides is 1. The van der Waals surface area contributed by atoms with Crippen LogP contribution in [-0.4, -0.2) is 67.3 Å². The zero-order chi connectivity index (χ0) is 27.4. The first-order valence-electron chi connectivity index (χ1n) is 13.4. The zero-order valence-electron chi connectivity index (χ0n) is 22.3. The number of carbonyl (C=O) groups is 2. The fourth-order valence-corrected chi connectivity index (χ4v) is 5.19. The lowest BCUT2D eigenvalue weighted by Gasteiger charge is -2.32. The highest BCUT2D eigenvalue weighted by atomic mass is 35.5. The van der Waals surface area contributed by atoms with Crippen LogP contribution in [0.25, 0.3) is 11.3 Å². The maximum atomic E-state index is 13.1. The van der Waals surface area contributed by atoms with Gasteiger partial charge >= 0.3 is 0 Å². The number of likely N-dealkylation sites (N-methyl/N-ethyl adjacent to an activating group) is 1. The molecular formula is C31H34ClN5O2. The van der Waals surface area contributed by atoms with Crippen molar-refractivity contribution in [2.75, 3.05) is 55.7 Å². The Morgan fingerprint density at radius 1 is 0.974 bits per heavy atom. The van der Waals surface area contributed by atoms with Gasteiger partial charge in [0.1, 0.15) is 0 Å². The van der Waals surface area contributed by atoms with E-state index in [4.69, 9.17) is 11.6 Å². The van der Waals surface area contributed by atoms with E-state index in [2.05, 4.69) is 32.8 Å². The molecule has 0 aromatic heterocycles. The third kappa shape index (κ3) is 6.33. The van der Waals surface area contributed by atoms with Crippen LogP contribution < -0.4 is 16.0 Å². The molecule has 2 aliphatic rings. The first-order chi connectivity index (χ1) is 18.9. The van der Waals surface area contributed by atoms with E-state index in [-0.39, 0.29) is 17.7 Å². The van der Waals surface area contributed by atoms with Crippen molar-refractivity contribution in [3.8, 4) is 0 Å². The Hall–Kier alpha value is -3.65. The molecule has 7 nitrogen and oxygen atoms in total. The highest BCUT2D eigenvalue weighted by Gasteiger charge is 2.28. The monoisotopic (exact) mass is 543 g/mol. The number of carbonyl (C=O) groups excluding carboxylic acids is 2. The van der Waals surface area contributed by atoms with Gasteiger partial charge in [0.2, 0.25) is 0 Å². The second-order valence-electron chi connectivity index (χ2n) is 10.1. The summed E-state index contributed by atoms with van der Waals surface area (Å²) in [5.41, 5.74) is 5.39. The summed E-state index contributed by atoms with van der Waals surface area (Å²) in [6.45, 7) is 6.34. The van der Waals surface area contributed by atoms with Crippen LogP contribution in [0.2, 0.25) is 5.02 Å². The number of fused-ring (bicyclic) bond motifs is 1. The van der Waals surface area contributed by atoms with Crippen LogP contribution in [-0.2, 0) is 9.59 Å². The van der Waals surface area contributed by atoms with Gasteiger partial charge in [-0.3, -0.25) is 14.5 Å². The molecule has 202 valence electrons. The molecule has 1 atom stereocenters. The summed E-state index contributed by atoms with van der Waals surface area (Å²) in [5.74, 6) is 0.0351. The summed E-state index contributed by atoms with van der Waals surface area (Å²) in [7, 11) is 2.12. The molecule has 39 heavy (non-hydrogen) atoms. The second kappa shape index (κ2) is 12.0. The predicted molar refractivity (Wildman–Crippen MR) is 160 cm³/mol. The zero-order valence-corrected chi connectivity index (χ0v) is 23.1. The summed E-state index contributed by atoms with van der Waals surface area (Å²) in [6, 6.07) is 22.8. The maximum absolute atomic E-state index is 13.1. The lowest BCUT2D eigenvalue weighted by molar-refractivity contribution is -0.121. The second-order valence-corrected chi connectivity index (χ2v) is 10.5. The molecule has 0 bridgehead atoms.